The van der Waals surface area contributed by atoms with E-state index in [1.165, 1.54) is 5.56 Å². The lowest BCUT2D eigenvalue weighted by Gasteiger charge is -2.36. The fraction of sp³-hybridized carbons (Fsp3) is 0.400. The highest BCUT2D eigenvalue weighted by molar-refractivity contribution is 5.81. The van der Waals surface area contributed by atoms with Crippen molar-refractivity contribution in [2.45, 2.75) is 13.8 Å². The SMILES string of the molecule is CCN(CC(=O)N1CCN(c2ccccn2)CC1)c1cccc(C)c1. The molecule has 0 unspecified atom stereocenters. The predicted molar refractivity (Wildman–Crippen MR) is 102 cm³/mol. The normalized spacial score (nSPS) is 14.5. The van der Waals surface area contributed by atoms with Crippen molar-refractivity contribution in [2.75, 3.05) is 49.1 Å². The molecule has 132 valence electrons. The molecule has 2 heterocycles. The van der Waals surface area contributed by atoms with E-state index in [1.807, 2.05) is 35.4 Å². The zero-order chi connectivity index (χ0) is 17.6. The van der Waals surface area contributed by atoms with Gasteiger partial charge in [0.2, 0.25) is 5.91 Å². The molecule has 0 atom stereocenters. The summed E-state index contributed by atoms with van der Waals surface area (Å²) < 4.78 is 0. The molecule has 1 aliphatic rings. The zero-order valence-electron chi connectivity index (χ0n) is 15.1. The fourth-order valence-corrected chi connectivity index (χ4v) is 3.20. The van der Waals surface area contributed by atoms with Crippen LogP contribution in [0.15, 0.2) is 48.7 Å². The number of aromatic nitrogens is 1. The van der Waals surface area contributed by atoms with Gasteiger partial charge in [0.15, 0.2) is 0 Å². The van der Waals surface area contributed by atoms with Crippen LogP contribution in [0.25, 0.3) is 0 Å². The van der Waals surface area contributed by atoms with Crippen molar-refractivity contribution in [3.8, 4) is 0 Å². The Morgan fingerprint density at radius 3 is 2.56 bits per heavy atom. The molecular formula is C20H26N4O. The molecule has 25 heavy (non-hydrogen) atoms. The lowest BCUT2D eigenvalue weighted by Crippen LogP contribution is -2.51. The zero-order valence-corrected chi connectivity index (χ0v) is 15.1. The third kappa shape index (κ3) is 4.29. The van der Waals surface area contributed by atoms with E-state index in [2.05, 4.69) is 46.8 Å². The number of aryl methyl sites for hydroxylation is 1. The summed E-state index contributed by atoms with van der Waals surface area (Å²) in [5.74, 6) is 1.19. The van der Waals surface area contributed by atoms with E-state index in [-0.39, 0.29) is 5.91 Å². The Morgan fingerprint density at radius 1 is 1.12 bits per heavy atom. The molecule has 3 rings (SSSR count). The van der Waals surface area contributed by atoms with Crippen molar-refractivity contribution in [3.05, 3.63) is 54.2 Å². The summed E-state index contributed by atoms with van der Waals surface area (Å²) in [5.41, 5.74) is 2.33. The second kappa shape index (κ2) is 8.01. The van der Waals surface area contributed by atoms with Crippen LogP contribution in [0.3, 0.4) is 0 Å². The number of anilines is 2. The van der Waals surface area contributed by atoms with E-state index < -0.39 is 0 Å². The van der Waals surface area contributed by atoms with Gasteiger partial charge in [-0.3, -0.25) is 4.79 Å². The minimum atomic E-state index is 0.198. The van der Waals surface area contributed by atoms with Crippen molar-refractivity contribution in [1.82, 2.24) is 9.88 Å². The summed E-state index contributed by atoms with van der Waals surface area (Å²) in [5, 5.41) is 0. The minimum absolute atomic E-state index is 0.198. The molecule has 1 amide bonds. The van der Waals surface area contributed by atoms with E-state index in [1.54, 1.807) is 0 Å². The molecule has 0 spiro atoms. The third-order valence-corrected chi connectivity index (χ3v) is 4.68. The molecule has 1 aromatic carbocycles. The summed E-state index contributed by atoms with van der Waals surface area (Å²) in [6, 6.07) is 14.3. The summed E-state index contributed by atoms with van der Waals surface area (Å²) in [6.45, 7) is 8.59. The molecule has 0 bridgehead atoms. The van der Waals surface area contributed by atoms with Crippen molar-refractivity contribution in [2.24, 2.45) is 0 Å². The van der Waals surface area contributed by atoms with Crippen LogP contribution in [-0.4, -0.2) is 55.1 Å². The van der Waals surface area contributed by atoms with Gasteiger partial charge in [-0.05, 0) is 43.7 Å². The van der Waals surface area contributed by atoms with Crippen LogP contribution in [0.4, 0.5) is 11.5 Å². The summed E-state index contributed by atoms with van der Waals surface area (Å²) >= 11 is 0. The number of rotatable bonds is 5. The first-order valence-electron chi connectivity index (χ1n) is 8.92. The van der Waals surface area contributed by atoms with Gasteiger partial charge in [0.1, 0.15) is 5.82 Å². The molecule has 0 aliphatic carbocycles. The molecule has 0 N–H and O–H groups in total. The first-order chi connectivity index (χ1) is 12.2. The van der Waals surface area contributed by atoms with Crippen LogP contribution >= 0.6 is 0 Å². The van der Waals surface area contributed by atoms with Crippen LogP contribution < -0.4 is 9.80 Å². The van der Waals surface area contributed by atoms with Gasteiger partial charge in [0.25, 0.3) is 0 Å². The van der Waals surface area contributed by atoms with Gasteiger partial charge in [0, 0.05) is 44.6 Å². The van der Waals surface area contributed by atoms with Gasteiger partial charge in [-0.1, -0.05) is 18.2 Å². The van der Waals surface area contributed by atoms with E-state index >= 15 is 0 Å². The molecule has 0 saturated carbocycles. The molecule has 2 aromatic rings. The number of hydrogen-bond donors (Lipinski definition) is 0. The molecule has 0 radical (unpaired) electrons. The van der Waals surface area contributed by atoms with Gasteiger partial charge < -0.3 is 14.7 Å². The lowest BCUT2D eigenvalue weighted by atomic mass is 10.2. The first-order valence-corrected chi connectivity index (χ1v) is 8.92. The Hall–Kier alpha value is -2.56. The highest BCUT2D eigenvalue weighted by Gasteiger charge is 2.23. The number of nitrogens with zero attached hydrogens (tertiary/aromatic N) is 4. The van der Waals surface area contributed by atoms with Crippen LogP contribution in [0, 0.1) is 6.92 Å². The highest BCUT2D eigenvalue weighted by atomic mass is 16.2. The molecule has 1 fully saturated rings. The smallest absolute Gasteiger partial charge is 0.242 e. The second-order valence-corrected chi connectivity index (χ2v) is 6.41. The van der Waals surface area contributed by atoms with Crippen LogP contribution in [-0.2, 0) is 4.79 Å². The van der Waals surface area contributed by atoms with Crippen molar-refractivity contribution >= 4 is 17.4 Å². The Morgan fingerprint density at radius 2 is 1.92 bits per heavy atom. The minimum Gasteiger partial charge on any atom is -0.362 e. The number of carbonyl (C=O) groups is 1. The second-order valence-electron chi connectivity index (χ2n) is 6.41. The van der Waals surface area contributed by atoms with Crippen LogP contribution in [0.5, 0.6) is 0 Å². The van der Waals surface area contributed by atoms with Gasteiger partial charge in [-0.25, -0.2) is 4.98 Å². The maximum absolute atomic E-state index is 12.7. The van der Waals surface area contributed by atoms with Crippen LogP contribution in [0.2, 0.25) is 0 Å². The third-order valence-electron chi connectivity index (χ3n) is 4.68. The molecule has 5 nitrogen and oxygen atoms in total. The van der Waals surface area contributed by atoms with Gasteiger partial charge in [-0.15, -0.1) is 0 Å². The quantitative estimate of drug-likeness (QED) is 0.840. The van der Waals surface area contributed by atoms with E-state index in [0.29, 0.717) is 6.54 Å². The summed E-state index contributed by atoms with van der Waals surface area (Å²) in [7, 11) is 0. The standard InChI is InChI=1S/C20H26N4O/c1-3-22(18-8-6-7-17(2)15-18)16-20(25)24-13-11-23(12-14-24)19-9-4-5-10-21-19/h4-10,15H,3,11-14,16H2,1-2H3. The number of amides is 1. The fourth-order valence-electron chi connectivity index (χ4n) is 3.20. The molecule has 1 saturated heterocycles. The maximum Gasteiger partial charge on any atom is 0.242 e. The lowest BCUT2D eigenvalue weighted by molar-refractivity contribution is -0.130. The number of benzene rings is 1. The predicted octanol–water partition coefficient (Wildman–Crippen LogP) is 2.57. The van der Waals surface area contributed by atoms with E-state index in [9.17, 15) is 4.79 Å². The van der Waals surface area contributed by atoms with E-state index in [4.69, 9.17) is 0 Å². The van der Waals surface area contributed by atoms with E-state index in [0.717, 1.165) is 44.2 Å². The Bertz CT molecular complexity index is 696. The van der Waals surface area contributed by atoms with Gasteiger partial charge in [0.05, 0.1) is 6.54 Å². The van der Waals surface area contributed by atoms with Gasteiger partial charge in [-0.2, -0.15) is 0 Å². The van der Waals surface area contributed by atoms with Crippen LogP contribution in [0.1, 0.15) is 12.5 Å². The number of pyridine rings is 1. The average Bonchev–Trinajstić information content (AvgIpc) is 2.66. The molecule has 1 aliphatic heterocycles. The largest absolute Gasteiger partial charge is 0.362 e. The number of piperazine rings is 1. The maximum atomic E-state index is 12.7. The number of likely N-dealkylation sites (N-methyl/N-ethyl adjacent to an activating group) is 1. The number of hydrogen-bond acceptors (Lipinski definition) is 4. The van der Waals surface area contributed by atoms with Crippen molar-refractivity contribution in [1.29, 1.82) is 0 Å². The monoisotopic (exact) mass is 338 g/mol. The number of carbonyl (C=O) groups excluding carboxylic acids is 1. The average molecular weight is 338 g/mol. The molecule has 1 aromatic heterocycles. The Balaban J connectivity index is 1.57. The summed E-state index contributed by atoms with van der Waals surface area (Å²) in [6.07, 6.45) is 1.81. The summed E-state index contributed by atoms with van der Waals surface area (Å²) in [4.78, 5) is 23.5. The van der Waals surface area contributed by atoms with Crippen molar-refractivity contribution in [3.63, 3.8) is 0 Å². The molecular weight excluding hydrogens is 312 g/mol. The highest BCUT2D eigenvalue weighted by Crippen LogP contribution is 2.17. The van der Waals surface area contributed by atoms with Gasteiger partial charge >= 0.3 is 0 Å². The Labute approximate surface area is 149 Å². The Kier molecular flexibility index (Phi) is 5.53. The topological polar surface area (TPSA) is 39.7 Å². The van der Waals surface area contributed by atoms with Crippen molar-refractivity contribution < 1.29 is 4.79 Å². The molecule has 5 heteroatoms. The first kappa shape index (κ1) is 17.3.